The zero-order valence-corrected chi connectivity index (χ0v) is 17.6. The molecule has 0 saturated carbocycles. The van der Waals surface area contributed by atoms with Crippen LogP contribution in [0, 0.1) is 6.92 Å². The Labute approximate surface area is 171 Å². The molecule has 1 fully saturated rings. The van der Waals surface area contributed by atoms with E-state index in [-0.39, 0.29) is 5.56 Å². The fourth-order valence-electron chi connectivity index (χ4n) is 3.73. The van der Waals surface area contributed by atoms with Crippen molar-refractivity contribution in [2.75, 3.05) is 31.1 Å². The van der Waals surface area contributed by atoms with Crippen LogP contribution in [0.25, 0.3) is 10.9 Å². The fourth-order valence-corrected chi connectivity index (χ4v) is 3.73. The van der Waals surface area contributed by atoms with Crippen LogP contribution >= 0.6 is 0 Å². The van der Waals surface area contributed by atoms with Gasteiger partial charge in [0, 0.05) is 44.6 Å². The smallest absolute Gasteiger partial charge is 0.261 e. The number of nitrogens with zero attached hydrogens (tertiary/aromatic N) is 6. The van der Waals surface area contributed by atoms with Crippen molar-refractivity contribution in [2.24, 2.45) is 7.05 Å². The first-order chi connectivity index (χ1) is 13.9. The van der Waals surface area contributed by atoms with Gasteiger partial charge in [0.05, 0.1) is 17.4 Å². The van der Waals surface area contributed by atoms with Crippen molar-refractivity contribution in [3.8, 4) is 0 Å². The van der Waals surface area contributed by atoms with Gasteiger partial charge in [0.1, 0.15) is 5.82 Å². The SMILES string of the molecule is Cc1cc(C(C)C)nc(N2CCN(Cc3nc4ccccc4c(=O)n3C)CC2)n1. The van der Waals surface area contributed by atoms with Gasteiger partial charge < -0.3 is 4.90 Å². The standard InChI is InChI=1S/C22H28N6O/c1-15(2)19-13-16(3)23-22(25-19)28-11-9-27(10-12-28)14-20-24-18-8-6-5-7-17(18)21(29)26(20)4/h5-8,13,15H,9-12,14H2,1-4H3. The highest BCUT2D eigenvalue weighted by molar-refractivity contribution is 5.77. The Bertz CT molecular complexity index is 1080. The Morgan fingerprint density at radius 3 is 2.48 bits per heavy atom. The molecule has 7 nitrogen and oxygen atoms in total. The number of anilines is 1. The van der Waals surface area contributed by atoms with E-state index >= 15 is 0 Å². The minimum Gasteiger partial charge on any atom is -0.338 e. The third-order valence-corrected chi connectivity index (χ3v) is 5.55. The van der Waals surface area contributed by atoms with E-state index < -0.39 is 0 Å². The quantitative estimate of drug-likeness (QED) is 0.680. The molecule has 29 heavy (non-hydrogen) atoms. The first-order valence-electron chi connectivity index (χ1n) is 10.2. The lowest BCUT2D eigenvalue weighted by Gasteiger charge is -2.35. The second-order valence-electron chi connectivity index (χ2n) is 8.06. The molecule has 0 N–H and O–H groups in total. The lowest BCUT2D eigenvalue weighted by molar-refractivity contribution is 0.239. The fraction of sp³-hybridized carbons (Fsp3) is 0.455. The summed E-state index contributed by atoms with van der Waals surface area (Å²) in [6.07, 6.45) is 0. The van der Waals surface area contributed by atoms with Crippen LogP contribution in [0.2, 0.25) is 0 Å². The van der Waals surface area contributed by atoms with E-state index in [0.29, 0.717) is 17.8 Å². The van der Waals surface area contributed by atoms with Crippen LogP contribution in [0.1, 0.15) is 37.0 Å². The van der Waals surface area contributed by atoms with Crippen LogP contribution in [-0.4, -0.2) is 50.6 Å². The molecule has 0 atom stereocenters. The summed E-state index contributed by atoms with van der Waals surface area (Å²) >= 11 is 0. The van der Waals surface area contributed by atoms with Crippen molar-refractivity contribution in [1.82, 2.24) is 24.4 Å². The number of fused-ring (bicyclic) bond motifs is 1. The van der Waals surface area contributed by atoms with Crippen molar-refractivity contribution >= 4 is 16.9 Å². The van der Waals surface area contributed by atoms with Gasteiger partial charge >= 0.3 is 0 Å². The summed E-state index contributed by atoms with van der Waals surface area (Å²) in [5, 5.41) is 0.668. The summed E-state index contributed by atoms with van der Waals surface area (Å²) in [5.74, 6) is 2.01. The Kier molecular flexibility index (Phi) is 5.32. The molecule has 3 heterocycles. The second kappa shape index (κ2) is 7.91. The van der Waals surface area contributed by atoms with Gasteiger partial charge in [0.25, 0.3) is 5.56 Å². The molecule has 3 aromatic rings. The van der Waals surface area contributed by atoms with Crippen LogP contribution in [0.5, 0.6) is 0 Å². The van der Waals surface area contributed by atoms with Crippen molar-refractivity contribution in [2.45, 2.75) is 33.2 Å². The topological polar surface area (TPSA) is 67.2 Å². The number of aromatic nitrogens is 4. The highest BCUT2D eigenvalue weighted by atomic mass is 16.1. The first kappa shape index (κ1) is 19.5. The molecule has 4 rings (SSSR count). The molecule has 0 radical (unpaired) electrons. The van der Waals surface area contributed by atoms with Crippen LogP contribution in [0.4, 0.5) is 5.95 Å². The average Bonchev–Trinajstić information content (AvgIpc) is 2.72. The number of rotatable bonds is 4. The summed E-state index contributed by atoms with van der Waals surface area (Å²) in [7, 11) is 1.81. The Hall–Kier alpha value is -2.80. The summed E-state index contributed by atoms with van der Waals surface area (Å²) < 4.78 is 1.67. The molecule has 0 bridgehead atoms. The van der Waals surface area contributed by atoms with Gasteiger partial charge in [0.2, 0.25) is 5.95 Å². The molecule has 1 aliphatic heterocycles. The first-order valence-corrected chi connectivity index (χ1v) is 10.2. The van der Waals surface area contributed by atoms with Crippen molar-refractivity contribution in [3.63, 3.8) is 0 Å². The van der Waals surface area contributed by atoms with Gasteiger partial charge in [-0.2, -0.15) is 0 Å². The highest BCUT2D eigenvalue weighted by Gasteiger charge is 2.21. The molecule has 152 valence electrons. The zero-order valence-electron chi connectivity index (χ0n) is 17.6. The molecule has 0 amide bonds. The van der Waals surface area contributed by atoms with Crippen LogP contribution in [0.15, 0.2) is 35.1 Å². The van der Waals surface area contributed by atoms with Gasteiger partial charge in [-0.3, -0.25) is 14.3 Å². The maximum absolute atomic E-state index is 12.6. The van der Waals surface area contributed by atoms with Crippen molar-refractivity contribution in [1.29, 1.82) is 0 Å². The number of hydrogen-bond acceptors (Lipinski definition) is 6. The minimum absolute atomic E-state index is 0.0126. The Morgan fingerprint density at radius 2 is 1.76 bits per heavy atom. The molecule has 1 saturated heterocycles. The number of aryl methyl sites for hydroxylation is 1. The molecule has 0 unspecified atom stereocenters. The summed E-state index contributed by atoms with van der Waals surface area (Å²) in [6, 6.07) is 9.60. The second-order valence-corrected chi connectivity index (χ2v) is 8.06. The van der Waals surface area contributed by atoms with E-state index in [9.17, 15) is 4.79 Å². The molecular weight excluding hydrogens is 364 g/mol. The number of piperazine rings is 1. The summed E-state index contributed by atoms with van der Waals surface area (Å²) in [6.45, 7) is 10.5. The van der Waals surface area contributed by atoms with Crippen LogP contribution < -0.4 is 10.5 Å². The monoisotopic (exact) mass is 392 g/mol. The van der Waals surface area contributed by atoms with Gasteiger partial charge in [-0.05, 0) is 31.0 Å². The van der Waals surface area contributed by atoms with E-state index in [1.54, 1.807) is 11.6 Å². The van der Waals surface area contributed by atoms with Gasteiger partial charge in [0.15, 0.2) is 0 Å². The molecule has 7 heteroatoms. The average molecular weight is 393 g/mol. The zero-order chi connectivity index (χ0) is 20.5. The summed E-state index contributed by atoms with van der Waals surface area (Å²) in [4.78, 5) is 31.4. The molecule has 1 aliphatic rings. The molecule has 0 aliphatic carbocycles. The predicted molar refractivity (Wildman–Crippen MR) is 115 cm³/mol. The van der Waals surface area contributed by atoms with Crippen molar-refractivity contribution in [3.05, 3.63) is 57.9 Å². The van der Waals surface area contributed by atoms with E-state index in [0.717, 1.165) is 54.9 Å². The minimum atomic E-state index is 0.0126. The van der Waals surface area contributed by atoms with Crippen LogP contribution in [-0.2, 0) is 13.6 Å². The van der Waals surface area contributed by atoms with Gasteiger partial charge in [-0.25, -0.2) is 15.0 Å². The Morgan fingerprint density at radius 1 is 1.03 bits per heavy atom. The largest absolute Gasteiger partial charge is 0.338 e. The van der Waals surface area contributed by atoms with E-state index in [2.05, 4.69) is 34.7 Å². The molecule has 2 aromatic heterocycles. The number of hydrogen-bond donors (Lipinski definition) is 0. The molecule has 0 spiro atoms. The predicted octanol–water partition coefficient (Wildman–Crippen LogP) is 2.48. The maximum atomic E-state index is 12.6. The van der Waals surface area contributed by atoms with E-state index in [1.807, 2.05) is 31.2 Å². The maximum Gasteiger partial charge on any atom is 0.261 e. The van der Waals surface area contributed by atoms with E-state index in [1.165, 1.54) is 0 Å². The molecular formula is C22H28N6O. The lowest BCUT2D eigenvalue weighted by atomic mass is 10.1. The number of para-hydroxylation sites is 1. The number of benzene rings is 1. The highest BCUT2D eigenvalue weighted by Crippen LogP contribution is 2.19. The lowest BCUT2D eigenvalue weighted by Crippen LogP contribution is -2.47. The van der Waals surface area contributed by atoms with Crippen LogP contribution in [0.3, 0.4) is 0 Å². The molecule has 1 aromatic carbocycles. The third kappa shape index (κ3) is 4.00. The normalized spacial score (nSPS) is 15.4. The Balaban J connectivity index is 1.48. The van der Waals surface area contributed by atoms with Gasteiger partial charge in [-0.1, -0.05) is 26.0 Å². The van der Waals surface area contributed by atoms with E-state index in [4.69, 9.17) is 9.97 Å². The van der Waals surface area contributed by atoms with Gasteiger partial charge in [-0.15, -0.1) is 0 Å². The summed E-state index contributed by atoms with van der Waals surface area (Å²) in [5.41, 5.74) is 2.87. The third-order valence-electron chi connectivity index (χ3n) is 5.55. The van der Waals surface area contributed by atoms with Crippen molar-refractivity contribution < 1.29 is 0 Å².